The summed E-state index contributed by atoms with van der Waals surface area (Å²) in [7, 11) is 0. The van der Waals surface area contributed by atoms with E-state index in [-0.39, 0.29) is 6.61 Å². The van der Waals surface area contributed by atoms with Gasteiger partial charge in [0.25, 0.3) is 0 Å². The van der Waals surface area contributed by atoms with Gasteiger partial charge in [0.2, 0.25) is 0 Å². The van der Waals surface area contributed by atoms with E-state index in [1.54, 1.807) is 0 Å². The molecule has 0 aliphatic carbocycles. The van der Waals surface area contributed by atoms with Crippen molar-refractivity contribution in [1.29, 1.82) is 0 Å². The summed E-state index contributed by atoms with van der Waals surface area (Å²) in [6.45, 7) is 3.87. The summed E-state index contributed by atoms with van der Waals surface area (Å²) in [5, 5.41) is 4.42. The largest absolute Gasteiger partial charge is 0.457 e. The summed E-state index contributed by atoms with van der Waals surface area (Å²) in [4.78, 5) is 25.4. The maximum atomic E-state index is 13.3. The fourth-order valence-electron chi connectivity index (χ4n) is 4.09. The van der Waals surface area contributed by atoms with E-state index in [1.165, 1.54) is 6.07 Å². The average molecular weight is 408 g/mol. The van der Waals surface area contributed by atoms with Crippen molar-refractivity contribution in [1.82, 2.24) is 0 Å². The van der Waals surface area contributed by atoms with Gasteiger partial charge in [0.1, 0.15) is 12.2 Å². The second kappa shape index (κ2) is 7.40. The Morgan fingerprint density at radius 2 is 1.48 bits per heavy atom. The lowest BCUT2D eigenvalue weighted by molar-refractivity contribution is 0.0478. The molecule has 0 atom stereocenters. The molecule has 0 unspecified atom stereocenters. The van der Waals surface area contributed by atoms with Crippen LogP contribution in [0.15, 0.2) is 82.0 Å². The monoisotopic (exact) mass is 408 g/mol. The van der Waals surface area contributed by atoms with Gasteiger partial charge in [-0.3, -0.25) is 0 Å². The summed E-state index contributed by atoms with van der Waals surface area (Å²) in [6, 6.07) is 22.9. The third-order valence-corrected chi connectivity index (χ3v) is 5.85. The van der Waals surface area contributed by atoms with Crippen molar-refractivity contribution < 1.29 is 13.9 Å². The Hall–Kier alpha value is -3.92. The molecule has 0 aliphatic heterocycles. The molecule has 4 heteroatoms. The lowest BCUT2D eigenvalue weighted by Gasteiger charge is -2.13. The molecule has 0 bridgehead atoms. The number of ether oxygens (including phenoxy) is 1. The number of benzene rings is 4. The number of rotatable bonds is 3. The second-order valence-electron chi connectivity index (χ2n) is 7.74. The molecule has 0 fully saturated rings. The van der Waals surface area contributed by atoms with E-state index in [0.717, 1.165) is 38.1 Å². The van der Waals surface area contributed by atoms with Crippen LogP contribution in [-0.4, -0.2) is 5.97 Å². The molecule has 0 amide bonds. The molecule has 0 saturated heterocycles. The van der Waals surface area contributed by atoms with Crippen LogP contribution >= 0.6 is 0 Å². The Morgan fingerprint density at radius 1 is 0.839 bits per heavy atom. The molecule has 0 N–H and O–H groups in total. The summed E-state index contributed by atoms with van der Waals surface area (Å²) in [6.07, 6.45) is 0. The first kappa shape index (κ1) is 19.1. The SMILES string of the molecule is Cc1ccc2c(COC(=O)c3c4ccccc4cc4ccccc34)cc(=O)oc2c1C. The molecular weight excluding hydrogens is 388 g/mol. The Kier molecular flexibility index (Phi) is 4.55. The molecule has 0 aliphatic rings. The van der Waals surface area contributed by atoms with Gasteiger partial charge >= 0.3 is 11.6 Å². The van der Waals surface area contributed by atoms with Crippen LogP contribution < -0.4 is 5.63 Å². The van der Waals surface area contributed by atoms with Crippen molar-refractivity contribution in [2.75, 3.05) is 0 Å². The molecule has 4 aromatic carbocycles. The number of hydrogen-bond donors (Lipinski definition) is 0. The highest BCUT2D eigenvalue weighted by Crippen LogP contribution is 2.30. The van der Waals surface area contributed by atoms with E-state index in [4.69, 9.17) is 9.15 Å². The zero-order valence-electron chi connectivity index (χ0n) is 17.3. The number of aryl methyl sites for hydroxylation is 2. The lowest BCUT2D eigenvalue weighted by Crippen LogP contribution is -2.09. The van der Waals surface area contributed by atoms with Crippen LogP contribution in [0, 0.1) is 13.8 Å². The molecule has 4 nitrogen and oxygen atoms in total. The van der Waals surface area contributed by atoms with Crippen molar-refractivity contribution in [3.63, 3.8) is 0 Å². The van der Waals surface area contributed by atoms with Crippen molar-refractivity contribution in [2.45, 2.75) is 20.5 Å². The summed E-state index contributed by atoms with van der Waals surface area (Å²) in [5.41, 5.74) is 3.19. The number of hydrogen-bond acceptors (Lipinski definition) is 4. The maximum Gasteiger partial charge on any atom is 0.339 e. The van der Waals surface area contributed by atoms with Crippen LogP contribution in [0.25, 0.3) is 32.5 Å². The van der Waals surface area contributed by atoms with Gasteiger partial charge in [0.05, 0.1) is 5.56 Å². The fourth-order valence-corrected chi connectivity index (χ4v) is 4.09. The number of esters is 1. The third-order valence-electron chi connectivity index (χ3n) is 5.85. The number of carbonyl (C=O) groups is 1. The van der Waals surface area contributed by atoms with Crippen LogP contribution in [0.2, 0.25) is 0 Å². The molecule has 152 valence electrons. The Labute approximate surface area is 178 Å². The predicted octanol–water partition coefficient (Wildman–Crippen LogP) is 6.07. The molecule has 31 heavy (non-hydrogen) atoms. The van der Waals surface area contributed by atoms with Crippen LogP contribution in [0.1, 0.15) is 27.0 Å². The summed E-state index contributed by atoms with van der Waals surface area (Å²) >= 11 is 0. The van der Waals surface area contributed by atoms with Crippen molar-refractivity contribution >= 4 is 38.5 Å². The van der Waals surface area contributed by atoms with Gasteiger partial charge in [-0.05, 0) is 52.6 Å². The highest BCUT2D eigenvalue weighted by molar-refractivity contribution is 6.16. The van der Waals surface area contributed by atoms with Crippen molar-refractivity contribution in [3.8, 4) is 0 Å². The first-order chi connectivity index (χ1) is 15.0. The minimum Gasteiger partial charge on any atom is -0.457 e. The van der Waals surface area contributed by atoms with E-state index in [0.29, 0.717) is 16.7 Å². The molecule has 0 radical (unpaired) electrons. The first-order valence-electron chi connectivity index (χ1n) is 10.1. The molecular formula is C27H20O4. The minimum absolute atomic E-state index is 0.0129. The smallest absolute Gasteiger partial charge is 0.339 e. The molecule has 5 rings (SSSR count). The van der Waals surface area contributed by atoms with E-state index in [1.807, 2.05) is 74.5 Å². The predicted molar refractivity (Wildman–Crippen MR) is 123 cm³/mol. The normalized spacial score (nSPS) is 11.3. The molecule has 1 aromatic heterocycles. The van der Waals surface area contributed by atoms with Gasteiger partial charge in [-0.2, -0.15) is 0 Å². The summed E-state index contributed by atoms with van der Waals surface area (Å²) < 4.78 is 11.2. The van der Waals surface area contributed by atoms with Gasteiger partial charge in [-0.25, -0.2) is 9.59 Å². The van der Waals surface area contributed by atoms with E-state index in [2.05, 4.69) is 6.07 Å². The quantitative estimate of drug-likeness (QED) is 0.206. The second-order valence-corrected chi connectivity index (χ2v) is 7.74. The van der Waals surface area contributed by atoms with Gasteiger partial charge in [-0.15, -0.1) is 0 Å². The molecule has 0 saturated carbocycles. The lowest BCUT2D eigenvalue weighted by atomic mass is 9.97. The number of carbonyl (C=O) groups excluding carboxylic acids is 1. The van der Waals surface area contributed by atoms with Crippen LogP contribution in [0.4, 0.5) is 0 Å². The Bertz CT molecular complexity index is 1490. The van der Waals surface area contributed by atoms with Crippen LogP contribution in [-0.2, 0) is 11.3 Å². The first-order valence-corrected chi connectivity index (χ1v) is 10.1. The van der Waals surface area contributed by atoms with E-state index >= 15 is 0 Å². The zero-order chi connectivity index (χ0) is 21.5. The van der Waals surface area contributed by atoms with Crippen molar-refractivity contribution in [3.05, 3.63) is 105 Å². The molecule has 5 aromatic rings. The van der Waals surface area contributed by atoms with E-state index in [9.17, 15) is 9.59 Å². The summed E-state index contributed by atoms with van der Waals surface area (Å²) in [5.74, 6) is -0.418. The van der Waals surface area contributed by atoms with Gasteiger partial charge < -0.3 is 9.15 Å². The standard InChI is InChI=1S/C27H20O4/c1-16-11-12-23-20(14-24(28)31-26(23)17(16)2)15-30-27(29)25-21-9-5-3-7-18(21)13-19-8-4-6-10-22(19)25/h3-14H,15H2,1-2H3. The number of fused-ring (bicyclic) bond motifs is 3. The minimum atomic E-state index is -0.456. The molecule has 0 spiro atoms. The highest BCUT2D eigenvalue weighted by atomic mass is 16.5. The van der Waals surface area contributed by atoms with Crippen molar-refractivity contribution in [2.24, 2.45) is 0 Å². The highest BCUT2D eigenvalue weighted by Gasteiger charge is 2.17. The fraction of sp³-hybridized carbons (Fsp3) is 0.111. The Balaban J connectivity index is 1.58. The maximum absolute atomic E-state index is 13.3. The molecule has 1 heterocycles. The van der Waals surface area contributed by atoms with Gasteiger partial charge in [0, 0.05) is 17.0 Å². The average Bonchev–Trinajstić information content (AvgIpc) is 2.78. The van der Waals surface area contributed by atoms with E-state index < -0.39 is 11.6 Å². The Morgan fingerprint density at radius 3 is 2.16 bits per heavy atom. The van der Waals surface area contributed by atoms with Crippen LogP contribution in [0.5, 0.6) is 0 Å². The topological polar surface area (TPSA) is 56.5 Å². The third kappa shape index (κ3) is 3.26. The van der Waals surface area contributed by atoms with Crippen LogP contribution in [0.3, 0.4) is 0 Å². The zero-order valence-corrected chi connectivity index (χ0v) is 17.3. The van der Waals surface area contributed by atoms with Gasteiger partial charge in [-0.1, -0.05) is 60.7 Å². The van der Waals surface area contributed by atoms with Gasteiger partial charge in [0.15, 0.2) is 0 Å².